The minimum atomic E-state index is -0.205. The molecule has 2 aromatic carbocycles. The van der Waals surface area contributed by atoms with Crippen molar-refractivity contribution < 1.29 is 8.78 Å². The van der Waals surface area contributed by atoms with Gasteiger partial charge in [0.05, 0.1) is 28.6 Å². The van der Waals surface area contributed by atoms with E-state index in [0.29, 0.717) is 18.7 Å². The molecule has 0 fully saturated rings. The predicted octanol–water partition coefficient (Wildman–Crippen LogP) is 6.98. The molecular formula is C34H30F2N8. The quantitative estimate of drug-likeness (QED) is 0.223. The van der Waals surface area contributed by atoms with Gasteiger partial charge in [-0.15, -0.1) is 20.4 Å². The van der Waals surface area contributed by atoms with Crippen LogP contribution in [0.25, 0.3) is 33.4 Å². The van der Waals surface area contributed by atoms with Gasteiger partial charge in [0.15, 0.2) is 11.3 Å². The summed E-state index contributed by atoms with van der Waals surface area (Å²) in [4.78, 5) is 0. The molecule has 0 aliphatic carbocycles. The number of pyridine rings is 2. The van der Waals surface area contributed by atoms with Gasteiger partial charge in [-0.05, 0) is 87.9 Å². The Morgan fingerprint density at radius 2 is 1.11 bits per heavy atom. The van der Waals surface area contributed by atoms with Gasteiger partial charge in [0, 0.05) is 23.5 Å². The highest BCUT2D eigenvalue weighted by Crippen LogP contribution is 2.25. The fourth-order valence-electron chi connectivity index (χ4n) is 5.98. The maximum Gasteiger partial charge on any atom is 0.161 e. The molecule has 0 radical (unpaired) electrons. The summed E-state index contributed by atoms with van der Waals surface area (Å²) in [6.07, 6.45) is 0. The number of halogens is 2. The standard InChI is InChI=1S/2C17H15FN4/c1-11-8-16-15(6-7-17-20-19-12(2)22(16)17)21(11)10-13-4-3-5-14(18)9-13;1-11-9-16-15(7-8-17-20-19-12(2)22(16)17)21(11)10-13-5-3-4-6-14(13)18/h2*3-9H,10H2,1-2H3. The van der Waals surface area contributed by atoms with Crippen molar-refractivity contribution in [2.24, 2.45) is 0 Å². The molecule has 0 spiro atoms. The van der Waals surface area contributed by atoms with E-state index in [1.54, 1.807) is 18.2 Å². The fraction of sp³-hybridized carbons (Fsp3) is 0.176. The van der Waals surface area contributed by atoms with Crippen molar-refractivity contribution in [2.75, 3.05) is 0 Å². The molecule has 0 amide bonds. The lowest BCUT2D eigenvalue weighted by atomic mass is 10.2. The second-order valence-corrected chi connectivity index (χ2v) is 11.1. The molecule has 8 rings (SSSR count). The Morgan fingerprint density at radius 3 is 1.68 bits per heavy atom. The van der Waals surface area contributed by atoms with Crippen LogP contribution in [0.3, 0.4) is 0 Å². The Morgan fingerprint density at radius 1 is 0.545 bits per heavy atom. The summed E-state index contributed by atoms with van der Waals surface area (Å²) in [6, 6.07) is 25.8. The maximum atomic E-state index is 13.9. The van der Waals surface area contributed by atoms with Crippen LogP contribution in [0.2, 0.25) is 0 Å². The zero-order valence-electron chi connectivity index (χ0n) is 24.8. The number of rotatable bonds is 4. The van der Waals surface area contributed by atoms with Gasteiger partial charge in [-0.3, -0.25) is 8.80 Å². The van der Waals surface area contributed by atoms with Crippen molar-refractivity contribution in [1.29, 1.82) is 0 Å². The number of benzene rings is 2. The van der Waals surface area contributed by atoms with E-state index in [9.17, 15) is 8.78 Å². The molecule has 0 unspecified atom stereocenters. The molecular weight excluding hydrogens is 558 g/mol. The topological polar surface area (TPSA) is 70.2 Å². The number of nitrogens with zero attached hydrogens (tertiary/aromatic N) is 8. The van der Waals surface area contributed by atoms with Gasteiger partial charge in [0.25, 0.3) is 0 Å². The molecule has 0 bridgehead atoms. The monoisotopic (exact) mass is 588 g/mol. The Hall–Kier alpha value is -5.38. The lowest BCUT2D eigenvalue weighted by Gasteiger charge is -2.09. The van der Waals surface area contributed by atoms with Gasteiger partial charge < -0.3 is 9.13 Å². The summed E-state index contributed by atoms with van der Waals surface area (Å²) in [5, 5.41) is 16.6. The number of aromatic nitrogens is 8. The van der Waals surface area contributed by atoms with Crippen LogP contribution in [0.4, 0.5) is 8.78 Å². The smallest absolute Gasteiger partial charge is 0.161 e. The van der Waals surface area contributed by atoms with E-state index in [1.165, 1.54) is 12.1 Å². The zero-order chi connectivity index (χ0) is 30.5. The molecule has 0 saturated carbocycles. The summed E-state index contributed by atoms with van der Waals surface area (Å²) >= 11 is 0. The summed E-state index contributed by atoms with van der Waals surface area (Å²) < 4.78 is 35.7. The molecule has 220 valence electrons. The highest BCUT2D eigenvalue weighted by atomic mass is 19.1. The number of fused-ring (bicyclic) bond motifs is 6. The summed E-state index contributed by atoms with van der Waals surface area (Å²) in [6.45, 7) is 9.12. The number of aryl methyl sites for hydroxylation is 4. The Balaban J connectivity index is 0.000000142. The SMILES string of the molecule is Cc1cc2c(ccc3nnc(C)n32)n1Cc1cccc(F)c1.Cc1cc2c(ccc3nnc(C)n32)n1Cc1ccccc1F. The third-order valence-corrected chi connectivity index (χ3v) is 8.13. The zero-order valence-corrected chi connectivity index (χ0v) is 24.8. The molecule has 0 aliphatic rings. The van der Waals surface area contributed by atoms with Crippen LogP contribution < -0.4 is 0 Å². The van der Waals surface area contributed by atoms with Gasteiger partial charge in [0.2, 0.25) is 0 Å². The third kappa shape index (κ3) is 4.68. The first-order valence-corrected chi connectivity index (χ1v) is 14.4. The fourth-order valence-corrected chi connectivity index (χ4v) is 5.98. The summed E-state index contributed by atoms with van der Waals surface area (Å²) in [5.41, 5.74) is 9.78. The minimum Gasteiger partial charge on any atom is -0.339 e. The molecule has 44 heavy (non-hydrogen) atoms. The van der Waals surface area contributed by atoms with Gasteiger partial charge in [-0.2, -0.15) is 0 Å². The van der Waals surface area contributed by atoms with Crippen molar-refractivity contribution in [3.8, 4) is 0 Å². The Labute approximate surface area is 251 Å². The maximum absolute atomic E-state index is 13.9. The minimum absolute atomic E-state index is 0.176. The van der Waals surface area contributed by atoms with E-state index < -0.39 is 0 Å². The summed E-state index contributed by atoms with van der Waals surface area (Å²) in [5.74, 6) is 1.33. The first kappa shape index (κ1) is 27.5. The van der Waals surface area contributed by atoms with Crippen molar-refractivity contribution in [1.82, 2.24) is 38.3 Å². The van der Waals surface area contributed by atoms with E-state index in [-0.39, 0.29) is 11.6 Å². The average Bonchev–Trinajstić information content (AvgIpc) is 3.74. The van der Waals surface area contributed by atoms with Crippen LogP contribution in [-0.2, 0) is 13.1 Å². The average molecular weight is 589 g/mol. The van der Waals surface area contributed by atoms with Gasteiger partial charge in [-0.25, -0.2) is 8.78 Å². The second-order valence-electron chi connectivity index (χ2n) is 11.1. The van der Waals surface area contributed by atoms with Gasteiger partial charge >= 0.3 is 0 Å². The Bertz CT molecular complexity index is 2320. The first-order chi connectivity index (χ1) is 21.3. The van der Waals surface area contributed by atoms with Crippen LogP contribution in [0.1, 0.15) is 34.2 Å². The molecule has 0 atom stereocenters. The van der Waals surface area contributed by atoms with E-state index in [0.717, 1.165) is 62.0 Å². The van der Waals surface area contributed by atoms with E-state index in [1.807, 2.05) is 72.0 Å². The third-order valence-electron chi connectivity index (χ3n) is 8.13. The lowest BCUT2D eigenvalue weighted by molar-refractivity contribution is 0.600. The number of hydrogen-bond acceptors (Lipinski definition) is 4. The predicted molar refractivity (Wildman–Crippen MR) is 167 cm³/mol. The molecule has 0 N–H and O–H groups in total. The van der Waals surface area contributed by atoms with Crippen LogP contribution in [0.15, 0.2) is 84.9 Å². The number of hydrogen-bond donors (Lipinski definition) is 0. The van der Waals surface area contributed by atoms with Crippen LogP contribution in [0, 0.1) is 39.3 Å². The van der Waals surface area contributed by atoms with Gasteiger partial charge in [-0.1, -0.05) is 30.3 Å². The van der Waals surface area contributed by atoms with E-state index >= 15 is 0 Å². The first-order valence-electron chi connectivity index (χ1n) is 14.4. The van der Waals surface area contributed by atoms with E-state index in [2.05, 4.69) is 48.6 Å². The van der Waals surface area contributed by atoms with Crippen molar-refractivity contribution >= 4 is 33.4 Å². The Kier molecular flexibility index (Phi) is 6.68. The van der Waals surface area contributed by atoms with Gasteiger partial charge in [0.1, 0.15) is 23.3 Å². The van der Waals surface area contributed by atoms with E-state index in [4.69, 9.17) is 0 Å². The highest BCUT2D eigenvalue weighted by molar-refractivity contribution is 5.82. The highest BCUT2D eigenvalue weighted by Gasteiger charge is 2.14. The lowest BCUT2D eigenvalue weighted by Crippen LogP contribution is -2.03. The summed E-state index contributed by atoms with van der Waals surface area (Å²) in [7, 11) is 0. The van der Waals surface area contributed by atoms with Crippen molar-refractivity contribution in [2.45, 2.75) is 40.8 Å². The van der Waals surface area contributed by atoms with Crippen molar-refractivity contribution in [3.05, 3.63) is 131 Å². The van der Waals surface area contributed by atoms with Crippen LogP contribution in [0.5, 0.6) is 0 Å². The molecule has 6 aromatic heterocycles. The molecule has 10 heteroatoms. The normalized spacial score (nSPS) is 11.6. The van der Waals surface area contributed by atoms with Crippen LogP contribution in [-0.4, -0.2) is 38.3 Å². The molecule has 8 aromatic rings. The molecule has 6 heterocycles. The second kappa shape index (κ2) is 10.7. The molecule has 0 aliphatic heterocycles. The largest absolute Gasteiger partial charge is 0.339 e. The van der Waals surface area contributed by atoms with Crippen LogP contribution >= 0.6 is 0 Å². The molecule has 0 saturated heterocycles. The van der Waals surface area contributed by atoms with Crippen molar-refractivity contribution in [3.63, 3.8) is 0 Å². The molecule has 8 nitrogen and oxygen atoms in total.